The van der Waals surface area contributed by atoms with Crippen LogP contribution in [0.3, 0.4) is 0 Å². The van der Waals surface area contributed by atoms with Crippen LogP contribution < -0.4 is 15.0 Å². The van der Waals surface area contributed by atoms with Crippen molar-refractivity contribution in [2.24, 2.45) is 0 Å². The Morgan fingerprint density at radius 1 is 1.06 bits per heavy atom. The lowest BCUT2D eigenvalue weighted by atomic mass is 10.0. The van der Waals surface area contributed by atoms with Crippen molar-refractivity contribution in [3.63, 3.8) is 0 Å². The molecule has 2 aromatic carbocycles. The maximum atomic E-state index is 13.2. The number of fused-ring (bicyclic) bond motifs is 1. The maximum absolute atomic E-state index is 13.2. The number of anilines is 2. The third-order valence-corrected chi connectivity index (χ3v) is 6.09. The molecule has 0 saturated carbocycles. The number of carbonyl (C=O) groups is 3. The highest BCUT2D eigenvalue weighted by Gasteiger charge is 2.42. The number of rotatable bonds is 4. The largest absolute Gasteiger partial charge is 0.476 e. The number of likely N-dealkylation sites (N-methyl/N-ethyl adjacent to an activating group) is 1. The lowest BCUT2D eigenvalue weighted by Crippen LogP contribution is -2.54. The molecular formula is C24H27ClN4O4. The van der Waals surface area contributed by atoms with Crippen LogP contribution in [0.2, 0.25) is 5.02 Å². The summed E-state index contributed by atoms with van der Waals surface area (Å²) in [5.41, 5.74) is 0.294. The molecule has 2 aromatic rings. The fourth-order valence-corrected chi connectivity index (χ4v) is 4.05. The van der Waals surface area contributed by atoms with Crippen molar-refractivity contribution in [1.29, 1.82) is 0 Å². The predicted molar refractivity (Wildman–Crippen MR) is 127 cm³/mol. The van der Waals surface area contributed by atoms with Gasteiger partial charge in [-0.3, -0.25) is 19.3 Å². The summed E-state index contributed by atoms with van der Waals surface area (Å²) in [6.07, 6.45) is 0. The third kappa shape index (κ3) is 4.96. The first-order valence-electron chi connectivity index (χ1n) is 10.8. The van der Waals surface area contributed by atoms with Gasteiger partial charge in [0.05, 0.1) is 5.69 Å². The van der Waals surface area contributed by atoms with E-state index in [4.69, 9.17) is 16.3 Å². The molecule has 0 aromatic heterocycles. The molecule has 4 rings (SSSR count). The molecule has 0 atom stereocenters. The maximum Gasteiger partial charge on any atom is 0.271 e. The summed E-state index contributed by atoms with van der Waals surface area (Å²) < 4.78 is 5.90. The number of amides is 3. The molecule has 2 heterocycles. The highest BCUT2D eigenvalue weighted by atomic mass is 35.5. The van der Waals surface area contributed by atoms with E-state index in [1.807, 2.05) is 7.05 Å². The van der Waals surface area contributed by atoms with E-state index in [9.17, 15) is 14.4 Å². The Labute approximate surface area is 198 Å². The minimum Gasteiger partial charge on any atom is -0.476 e. The third-order valence-electron chi connectivity index (χ3n) is 5.84. The summed E-state index contributed by atoms with van der Waals surface area (Å²) >= 11 is 5.90. The Morgan fingerprint density at radius 2 is 1.73 bits per heavy atom. The summed E-state index contributed by atoms with van der Waals surface area (Å²) in [6, 6.07) is 11.8. The summed E-state index contributed by atoms with van der Waals surface area (Å²) in [7, 11) is 2.03. The second-order valence-electron chi connectivity index (χ2n) is 8.84. The molecule has 3 amide bonds. The van der Waals surface area contributed by atoms with E-state index in [0.29, 0.717) is 40.8 Å². The highest BCUT2D eigenvalue weighted by Crippen LogP contribution is 2.38. The van der Waals surface area contributed by atoms with E-state index in [-0.39, 0.29) is 24.3 Å². The Balaban J connectivity index is 1.58. The molecule has 1 fully saturated rings. The molecule has 9 heteroatoms. The van der Waals surface area contributed by atoms with E-state index >= 15 is 0 Å². The average molecular weight is 471 g/mol. The fraction of sp³-hybridized carbons (Fsp3) is 0.375. The van der Waals surface area contributed by atoms with Crippen molar-refractivity contribution in [3.05, 3.63) is 53.1 Å². The highest BCUT2D eigenvalue weighted by molar-refractivity contribution is 6.30. The van der Waals surface area contributed by atoms with E-state index in [1.165, 1.54) is 4.90 Å². The predicted octanol–water partition coefficient (Wildman–Crippen LogP) is 2.87. The molecule has 0 aliphatic carbocycles. The Kier molecular flexibility index (Phi) is 6.32. The van der Waals surface area contributed by atoms with E-state index in [0.717, 1.165) is 13.1 Å². The van der Waals surface area contributed by atoms with Gasteiger partial charge in [-0.2, -0.15) is 0 Å². The molecule has 2 aliphatic heterocycles. The lowest BCUT2D eigenvalue weighted by Gasteiger charge is -2.39. The van der Waals surface area contributed by atoms with E-state index in [1.54, 1.807) is 61.2 Å². The summed E-state index contributed by atoms with van der Waals surface area (Å²) in [5, 5.41) is 3.34. The number of ether oxygens (including phenoxy) is 1. The molecule has 0 spiro atoms. The summed E-state index contributed by atoms with van der Waals surface area (Å²) in [6.45, 7) is 6.00. The zero-order valence-corrected chi connectivity index (χ0v) is 19.7. The van der Waals surface area contributed by atoms with Crippen LogP contribution in [0.5, 0.6) is 5.75 Å². The Morgan fingerprint density at radius 3 is 2.39 bits per heavy atom. The van der Waals surface area contributed by atoms with Gasteiger partial charge >= 0.3 is 0 Å². The monoisotopic (exact) mass is 470 g/mol. The molecule has 174 valence electrons. The fourth-order valence-electron chi connectivity index (χ4n) is 3.93. The second kappa shape index (κ2) is 9.03. The molecule has 1 saturated heterocycles. The first-order valence-corrected chi connectivity index (χ1v) is 11.2. The molecule has 0 unspecified atom stereocenters. The van der Waals surface area contributed by atoms with Crippen LogP contribution in [0.1, 0.15) is 24.2 Å². The van der Waals surface area contributed by atoms with Gasteiger partial charge in [0, 0.05) is 42.5 Å². The van der Waals surface area contributed by atoms with Crippen molar-refractivity contribution in [2.45, 2.75) is 19.4 Å². The Bertz CT molecular complexity index is 1080. The number of halogens is 1. The number of carbonyl (C=O) groups excluding carboxylic acids is 3. The standard InChI is InChI=1S/C24H27ClN4O4/c1-24(2)23(32)29(15-21(30)26-18-7-5-17(25)6-8-18)19-14-16(4-9-20(19)33-24)22(31)28-12-10-27(3)11-13-28/h4-9,14H,10-13,15H2,1-3H3,(H,26,30). The molecule has 2 aliphatic rings. The van der Waals surface area contributed by atoms with Crippen LogP contribution >= 0.6 is 11.6 Å². The second-order valence-corrected chi connectivity index (χ2v) is 9.27. The number of benzene rings is 2. The van der Waals surface area contributed by atoms with Gasteiger partial charge in [0.1, 0.15) is 12.3 Å². The Hall–Kier alpha value is -3.10. The summed E-state index contributed by atoms with van der Waals surface area (Å²) in [5.74, 6) is -0.377. The van der Waals surface area contributed by atoms with Crippen molar-refractivity contribution in [2.75, 3.05) is 50.0 Å². The smallest absolute Gasteiger partial charge is 0.271 e. The van der Waals surface area contributed by atoms with Gasteiger partial charge in [-0.05, 0) is 63.4 Å². The minimum atomic E-state index is -1.14. The van der Waals surface area contributed by atoms with E-state index in [2.05, 4.69) is 10.2 Å². The molecule has 33 heavy (non-hydrogen) atoms. The SMILES string of the molecule is CN1CCN(C(=O)c2ccc3c(c2)N(CC(=O)Nc2ccc(Cl)cc2)C(=O)C(C)(C)O3)CC1. The number of hydrogen-bond acceptors (Lipinski definition) is 5. The molecular weight excluding hydrogens is 444 g/mol. The zero-order chi connectivity index (χ0) is 23.8. The first-order chi connectivity index (χ1) is 15.6. The van der Waals surface area contributed by atoms with Gasteiger partial charge in [0.2, 0.25) is 5.91 Å². The van der Waals surface area contributed by atoms with Crippen molar-refractivity contribution < 1.29 is 19.1 Å². The number of nitrogens with zero attached hydrogens (tertiary/aromatic N) is 3. The van der Waals surface area contributed by atoms with Crippen LogP contribution in [-0.2, 0) is 9.59 Å². The van der Waals surface area contributed by atoms with Crippen LogP contribution in [0, 0.1) is 0 Å². The quantitative estimate of drug-likeness (QED) is 0.743. The van der Waals surface area contributed by atoms with Gasteiger partial charge in [-0.1, -0.05) is 11.6 Å². The number of nitrogens with one attached hydrogen (secondary N) is 1. The summed E-state index contributed by atoms with van der Waals surface area (Å²) in [4.78, 5) is 44.4. The zero-order valence-electron chi connectivity index (χ0n) is 18.9. The van der Waals surface area contributed by atoms with Gasteiger partial charge in [-0.25, -0.2) is 0 Å². The van der Waals surface area contributed by atoms with Crippen LogP contribution in [-0.4, -0.2) is 72.9 Å². The lowest BCUT2D eigenvalue weighted by molar-refractivity contribution is -0.133. The number of hydrogen-bond donors (Lipinski definition) is 1. The van der Waals surface area contributed by atoms with Crippen molar-refractivity contribution in [1.82, 2.24) is 9.80 Å². The van der Waals surface area contributed by atoms with Gasteiger partial charge in [0.15, 0.2) is 5.60 Å². The molecule has 0 radical (unpaired) electrons. The van der Waals surface area contributed by atoms with Crippen molar-refractivity contribution in [3.8, 4) is 5.75 Å². The first kappa shape index (κ1) is 23.1. The van der Waals surface area contributed by atoms with Crippen LogP contribution in [0.15, 0.2) is 42.5 Å². The molecule has 8 nitrogen and oxygen atoms in total. The topological polar surface area (TPSA) is 82.2 Å². The average Bonchev–Trinajstić information content (AvgIpc) is 2.78. The van der Waals surface area contributed by atoms with Gasteiger partial charge in [0.25, 0.3) is 11.8 Å². The van der Waals surface area contributed by atoms with Gasteiger partial charge < -0.3 is 19.9 Å². The normalized spacial score (nSPS) is 17.9. The van der Waals surface area contributed by atoms with Crippen LogP contribution in [0.4, 0.5) is 11.4 Å². The molecule has 0 bridgehead atoms. The van der Waals surface area contributed by atoms with Crippen molar-refractivity contribution >= 4 is 40.7 Å². The minimum absolute atomic E-state index is 0.103. The molecule has 1 N–H and O–H groups in total. The number of piperazine rings is 1. The van der Waals surface area contributed by atoms with E-state index < -0.39 is 5.60 Å². The van der Waals surface area contributed by atoms with Crippen LogP contribution in [0.25, 0.3) is 0 Å². The van der Waals surface area contributed by atoms with Gasteiger partial charge in [-0.15, -0.1) is 0 Å².